The van der Waals surface area contributed by atoms with Gasteiger partial charge in [0.05, 0.1) is 0 Å². The maximum absolute atomic E-state index is 12.9. The van der Waals surface area contributed by atoms with Crippen LogP contribution in [0.3, 0.4) is 0 Å². The van der Waals surface area contributed by atoms with Gasteiger partial charge in [0.2, 0.25) is 6.08 Å². The molecule has 0 heterocycles. The molecule has 0 radical (unpaired) electrons. The number of hydrogen-bond donors (Lipinski definition) is 0. The molecule has 0 bridgehead atoms. The molecule has 13 heavy (non-hydrogen) atoms. The highest BCUT2D eigenvalue weighted by atomic mass is 79.9. The van der Waals surface area contributed by atoms with E-state index in [1.165, 1.54) is 18.2 Å². The Morgan fingerprint density at radius 3 is 2.69 bits per heavy atom. The lowest BCUT2D eigenvalue weighted by atomic mass is 10.2. The Bertz CT molecular complexity index is 361. The summed E-state index contributed by atoms with van der Waals surface area (Å²) in [5.74, 6) is 0. The zero-order valence-corrected chi connectivity index (χ0v) is 7.88. The molecule has 0 amide bonds. The number of nitrogens with zero attached hydrogens (tertiary/aromatic N) is 1. The van der Waals surface area contributed by atoms with Gasteiger partial charge in [0, 0.05) is 10.0 Å². The maximum Gasteiger partial charge on any atom is 0.379 e. The van der Waals surface area contributed by atoms with Crippen molar-refractivity contribution in [1.29, 1.82) is 0 Å². The lowest BCUT2D eigenvalue weighted by molar-refractivity contribution is 0.00611. The Hall–Kier alpha value is -1.06. The standard InChI is InChI=1S/C8H4BrF2NO/c9-7-3-1-2-6(4-7)8(10,11)12-5-13/h1-4H. The third-order valence-corrected chi connectivity index (χ3v) is 1.85. The molecule has 0 unspecified atom stereocenters. The predicted molar refractivity (Wildman–Crippen MR) is 46.2 cm³/mol. The van der Waals surface area contributed by atoms with Crippen molar-refractivity contribution in [2.45, 2.75) is 6.05 Å². The van der Waals surface area contributed by atoms with Gasteiger partial charge in [0.1, 0.15) is 0 Å². The average molecular weight is 248 g/mol. The van der Waals surface area contributed by atoms with Crippen LogP contribution < -0.4 is 0 Å². The summed E-state index contributed by atoms with van der Waals surface area (Å²) in [5.41, 5.74) is -0.342. The second-order valence-corrected chi connectivity index (χ2v) is 3.17. The van der Waals surface area contributed by atoms with E-state index in [9.17, 15) is 13.6 Å². The van der Waals surface area contributed by atoms with Gasteiger partial charge in [0.25, 0.3) is 0 Å². The zero-order chi connectivity index (χ0) is 9.90. The van der Waals surface area contributed by atoms with E-state index in [4.69, 9.17) is 0 Å². The quantitative estimate of drug-likeness (QED) is 0.449. The van der Waals surface area contributed by atoms with Crippen LogP contribution in [-0.2, 0) is 10.8 Å². The van der Waals surface area contributed by atoms with Crippen LogP contribution in [0.15, 0.2) is 33.7 Å². The number of benzene rings is 1. The highest BCUT2D eigenvalue weighted by molar-refractivity contribution is 9.10. The first-order valence-electron chi connectivity index (χ1n) is 3.29. The minimum atomic E-state index is -3.49. The van der Waals surface area contributed by atoms with E-state index >= 15 is 0 Å². The number of alkyl halides is 2. The topological polar surface area (TPSA) is 29.4 Å². The van der Waals surface area contributed by atoms with Crippen LogP contribution in [0.4, 0.5) is 8.78 Å². The third kappa shape index (κ3) is 2.44. The van der Waals surface area contributed by atoms with E-state index in [1.54, 1.807) is 6.07 Å². The summed E-state index contributed by atoms with van der Waals surface area (Å²) < 4.78 is 26.3. The van der Waals surface area contributed by atoms with Gasteiger partial charge in [-0.3, -0.25) is 0 Å². The minimum Gasteiger partial charge on any atom is -0.211 e. The molecule has 1 aromatic carbocycles. The Labute approximate surface area is 81.4 Å². The molecule has 0 aliphatic heterocycles. The van der Waals surface area contributed by atoms with E-state index in [-0.39, 0.29) is 5.56 Å². The molecule has 0 N–H and O–H groups in total. The Morgan fingerprint density at radius 1 is 1.46 bits per heavy atom. The third-order valence-electron chi connectivity index (χ3n) is 1.36. The van der Waals surface area contributed by atoms with Crippen molar-refractivity contribution < 1.29 is 13.6 Å². The van der Waals surface area contributed by atoms with Gasteiger partial charge in [-0.1, -0.05) is 28.1 Å². The largest absolute Gasteiger partial charge is 0.379 e. The monoisotopic (exact) mass is 247 g/mol. The van der Waals surface area contributed by atoms with E-state index in [2.05, 4.69) is 20.9 Å². The molecule has 0 aliphatic carbocycles. The van der Waals surface area contributed by atoms with Crippen LogP contribution >= 0.6 is 15.9 Å². The van der Waals surface area contributed by atoms with Crippen LogP contribution in [0.1, 0.15) is 5.56 Å². The number of rotatable bonds is 2. The van der Waals surface area contributed by atoms with Crippen molar-refractivity contribution in [3.63, 3.8) is 0 Å². The second kappa shape index (κ2) is 3.77. The van der Waals surface area contributed by atoms with Crippen LogP contribution in [0.25, 0.3) is 0 Å². The number of isocyanates is 1. The summed E-state index contributed by atoms with van der Waals surface area (Å²) in [4.78, 5) is 12.1. The number of carbonyl (C=O) groups excluding carboxylic acids is 1. The summed E-state index contributed by atoms with van der Waals surface area (Å²) in [6, 6.07) is 1.93. The Morgan fingerprint density at radius 2 is 2.15 bits per heavy atom. The molecule has 0 atom stereocenters. The normalized spacial score (nSPS) is 10.7. The summed E-state index contributed by atoms with van der Waals surface area (Å²) in [5, 5.41) is 0. The first kappa shape index (κ1) is 10.0. The predicted octanol–water partition coefficient (Wildman–Crippen LogP) is 2.83. The highest BCUT2D eigenvalue weighted by Gasteiger charge is 2.30. The van der Waals surface area contributed by atoms with E-state index in [0.717, 1.165) is 6.08 Å². The molecule has 1 rings (SSSR count). The van der Waals surface area contributed by atoms with Gasteiger partial charge in [-0.05, 0) is 12.1 Å². The van der Waals surface area contributed by atoms with Crippen LogP contribution in [-0.4, -0.2) is 6.08 Å². The molecule has 68 valence electrons. The highest BCUT2D eigenvalue weighted by Crippen LogP contribution is 2.30. The lowest BCUT2D eigenvalue weighted by Crippen LogP contribution is -2.08. The first-order chi connectivity index (χ1) is 6.06. The molecule has 0 aliphatic rings. The van der Waals surface area contributed by atoms with Crippen LogP contribution in [0.2, 0.25) is 0 Å². The molecule has 5 heteroatoms. The molecular weight excluding hydrogens is 244 g/mol. The summed E-state index contributed by atoms with van der Waals surface area (Å²) in [6.45, 7) is 0. The van der Waals surface area contributed by atoms with Gasteiger partial charge in [-0.15, -0.1) is 4.99 Å². The van der Waals surface area contributed by atoms with E-state index < -0.39 is 6.05 Å². The molecule has 1 aromatic rings. The van der Waals surface area contributed by atoms with Crippen molar-refractivity contribution in [3.8, 4) is 0 Å². The fraction of sp³-hybridized carbons (Fsp3) is 0.125. The summed E-state index contributed by atoms with van der Waals surface area (Å²) in [7, 11) is 0. The summed E-state index contributed by atoms with van der Waals surface area (Å²) >= 11 is 3.03. The van der Waals surface area contributed by atoms with Crippen molar-refractivity contribution in [3.05, 3.63) is 34.3 Å². The Balaban J connectivity index is 3.13. The maximum atomic E-state index is 12.9. The number of halogens is 3. The lowest BCUT2D eigenvalue weighted by Gasteiger charge is -2.08. The molecule has 2 nitrogen and oxygen atoms in total. The molecule has 0 saturated carbocycles. The summed E-state index contributed by atoms with van der Waals surface area (Å²) in [6.07, 6.45) is 0.836. The zero-order valence-electron chi connectivity index (χ0n) is 6.30. The SMILES string of the molecule is O=C=NC(F)(F)c1cccc(Br)c1. The number of aliphatic imine (C=N–C) groups is 1. The van der Waals surface area contributed by atoms with Crippen molar-refractivity contribution >= 4 is 22.0 Å². The van der Waals surface area contributed by atoms with E-state index in [0.29, 0.717) is 4.47 Å². The van der Waals surface area contributed by atoms with Gasteiger partial charge >= 0.3 is 6.05 Å². The van der Waals surface area contributed by atoms with Gasteiger partial charge in [-0.2, -0.15) is 8.78 Å². The van der Waals surface area contributed by atoms with Crippen molar-refractivity contribution in [1.82, 2.24) is 0 Å². The van der Waals surface area contributed by atoms with Crippen molar-refractivity contribution in [2.75, 3.05) is 0 Å². The van der Waals surface area contributed by atoms with Gasteiger partial charge < -0.3 is 0 Å². The fourth-order valence-electron chi connectivity index (χ4n) is 0.797. The minimum absolute atomic E-state index is 0.342. The smallest absolute Gasteiger partial charge is 0.211 e. The Kier molecular flexibility index (Phi) is 2.90. The first-order valence-corrected chi connectivity index (χ1v) is 4.08. The molecule has 0 fully saturated rings. The van der Waals surface area contributed by atoms with Gasteiger partial charge in [-0.25, -0.2) is 4.79 Å². The van der Waals surface area contributed by atoms with Crippen molar-refractivity contribution in [2.24, 2.45) is 4.99 Å². The molecule has 0 aromatic heterocycles. The molecule has 0 spiro atoms. The van der Waals surface area contributed by atoms with Crippen LogP contribution in [0.5, 0.6) is 0 Å². The molecular formula is C8H4BrF2NO. The van der Waals surface area contributed by atoms with E-state index in [1.807, 2.05) is 0 Å². The second-order valence-electron chi connectivity index (χ2n) is 2.25. The van der Waals surface area contributed by atoms with Gasteiger partial charge in [0.15, 0.2) is 0 Å². The fourth-order valence-corrected chi connectivity index (χ4v) is 1.20. The van der Waals surface area contributed by atoms with Crippen LogP contribution in [0, 0.1) is 0 Å². The molecule has 0 saturated heterocycles. The average Bonchev–Trinajstić information content (AvgIpc) is 2.04. The number of hydrogen-bond acceptors (Lipinski definition) is 2.